The van der Waals surface area contributed by atoms with Crippen molar-refractivity contribution in [2.45, 2.75) is 38.0 Å². The van der Waals surface area contributed by atoms with Gasteiger partial charge in [-0.2, -0.15) is 0 Å². The Morgan fingerprint density at radius 2 is 1.94 bits per heavy atom. The molecular weight excluding hydrogens is 228 g/mol. The summed E-state index contributed by atoms with van der Waals surface area (Å²) in [6.45, 7) is 0. The van der Waals surface area contributed by atoms with Crippen molar-refractivity contribution in [1.29, 1.82) is 0 Å². The smallest absolute Gasteiger partial charge is 0.164 e. The molecule has 3 nitrogen and oxygen atoms in total. The molecular formula is C15H20O3. The number of methoxy groups -OCH3 is 2. The van der Waals surface area contributed by atoms with Crippen LogP contribution in [-0.2, 0) is 4.79 Å². The SMILES string of the molecule is COc1cccc(C2CCCCCC2=O)c1OC. The number of carbonyl (C=O) groups is 1. The maximum atomic E-state index is 12.2. The molecule has 0 N–H and O–H groups in total. The van der Waals surface area contributed by atoms with Crippen LogP contribution in [0.5, 0.6) is 11.5 Å². The van der Waals surface area contributed by atoms with Crippen molar-refractivity contribution in [1.82, 2.24) is 0 Å². The van der Waals surface area contributed by atoms with E-state index < -0.39 is 0 Å². The summed E-state index contributed by atoms with van der Waals surface area (Å²) in [6.07, 6.45) is 4.88. The van der Waals surface area contributed by atoms with E-state index in [1.54, 1.807) is 14.2 Å². The Morgan fingerprint density at radius 1 is 1.11 bits per heavy atom. The fourth-order valence-corrected chi connectivity index (χ4v) is 2.68. The molecule has 0 aromatic heterocycles. The van der Waals surface area contributed by atoms with Crippen molar-refractivity contribution < 1.29 is 14.3 Å². The van der Waals surface area contributed by atoms with Gasteiger partial charge in [-0.15, -0.1) is 0 Å². The Balaban J connectivity index is 2.39. The van der Waals surface area contributed by atoms with Gasteiger partial charge in [0.25, 0.3) is 0 Å². The first kappa shape index (κ1) is 12.9. The molecule has 1 aliphatic carbocycles. The highest BCUT2D eigenvalue weighted by Gasteiger charge is 2.26. The monoisotopic (exact) mass is 248 g/mol. The summed E-state index contributed by atoms with van der Waals surface area (Å²) in [5.41, 5.74) is 0.976. The molecule has 98 valence electrons. The molecule has 0 heterocycles. The first-order valence-corrected chi connectivity index (χ1v) is 6.51. The van der Waals surface area contributed by atoms with E-state index in [2.05, 4.69) is 0 Å². The Hall–Kier alpha value is -1.51. The van der Waals surface area contributed by atoms with Gasteiger partial charge in [0.15, 0.2) is 11.5 Å². The number of hydrogen-bond acceptors (Lipinski definition) is 3. The van der Waals surface area contributed by atoms with Crippen LogP contribution in [0.4, 0.5) is 0 Å². The van der Waals surface area contributed by atoms with E-state index in [1.807, 2.05) is 18.2 Å². The van der Waals surface area contributed by atoms with Crippen molar-refractivity contribution in [2.24, 2.45) is 0 Å². The van der Waals surface area contributed by atoms with Gasteiger partial charge in [-0.25, -0.2) is 0 Å². The number of hydrogen-bond donors (Lipinski definition) is 0. The van der Waals surface area contributed by atoms with Gasteiger partial charge in [0, 0.05) is 17.9 Å². The Bertz CT molecular complexity index is 426. The number of carbonyl (C=O) groups excluding carboxylic acids is 1. The Morgan fingerprint density at radius 3 is 2.67 bits per heavy atom. The number of rotatable bonds is 3. The first-order chi connectivity index (χ1) is 8.77. The Kier molecular flexibility index (Phi) is 4.24. The van der Waals surface area contributed by atoms with Gasteiger partial charge in [0.2, 0.25) is 0 Å². The molecule has 0 radical (unpaired) electrons. The molecule has 1 aliphatic rings. The van der Waals surface area contributed by atoms with Crippen LogP contribution in [0.15, 0.2) is 18.2 Å². The van der Waals surface area contributed by atoms with Crippen LogP contribution in [0.3, 0.4) is 0 Å². The van der Waals surface area contributed by atoms with Crippen molar-refractivity contribution in [3.05, 3.63) is 23.8 Å². The molecule has 0 bridgehead atoms. The molecule has 1 aromatic rings. The summed E-state index contributed by atoms with van der Waals surface area (Å²) in [6, 6.07) is 5.77. The van der Waals surface area contributed by atoms with E-state index >= 15 is 0 Å². The van der Waals surface area contributed by atoms with Crippen LogP contribution in [0, 0.1) is 0 Å². The van der Waals surface area contributed by atoms with Crippen molar-refractivity contribution in [3.8, 4) is 11.5 Å². The topological polar surface area (TPSA) is 35.5 Å². The van der Waals surface area contributed by atoms with E-state index in [9.17, 15) is 4.79 Å². The zero-order valence-electron chi connectivity index (χ0n) is 11.1. The highest BCUT2D eigenvalue weighted by molar-refractivity contribution is 5.87. The summed E-state index contributed by atoms with van der Waals surface area (Å²) in [5, 5.41) is 0. The van der Waals surface area contributed by atoms with Crippen molar-refractivity contribution in [3.63, 3.8) is 0 Å². The highest BCUT2D eigenvalue weighted by Crippen LogP contribution is 2.39. The van der Waals surface area contributed by atoms with Gasteiger partial charge < -0.3 is 9.47 Å². The molecule has 0 spiro atoms. The van der Waals surface area contributed by atoms with E-state index in [1.165, 1.54) is 0 Å². The minimum Gasteiger partial charge on any atom is -0.493 e. The largest absolute Gasteiger partial charge is 0.493 e. The number of benzene rings is 1. The lowest BCUT2D eigenvalue weighted by molar-refractivity contribution is -0.120. The van der Waals surface area contributed by atoms with Crippen LogP contribution in [0.2, 0.25) is 0 Å². The summed E-state index contributed by atoms with van der Waals surface area (Å²) < 4.78 is 10.7. The summed E-state index contributed by atoms with van der Waals surface area (Å²) in [5.74, 6) is 1.71. The second kappa shape index (κ2) is 5.89. The predicted molar refractivity (Wildman–Crippen MR) is 70.4 cm³/mol. The molecule has 1 aromatic carbocycles. The zero-order valence-corrected chi connectivity index (χ0v) is 11.1. The van der Waals surface area contributed by atoms with Gasteiger partial charge in [0.05, 0.1) is 14.2 Å². The Labute approximate surface area is 108 Å². The molecule has 1 saturated carbocycles. The average Bonchev–Trinajstić information content (AvgIpc) is 2.62. The van der Waals surface area contributed by atoms with Crippen LogP contribution < -0.4 is 9.47 Å². The van der Waals surface area contributed by atoms with E-state index in [0.717, 1.165) is 31.2 Å². The third-order valence-electron chi connectivity index (χ3n) is 3.61. The third kappa shape index (κ3) is 2.50. The van der Waals surface area contributed by atoms with Crippen LogP contribution >= 0.6 is 0 Å². The highest BCUT2D eigenvalue weighted by atomic mass is 16.5. The molecule has 1 fully saturated rings. The van der Waals surface area contributed by atoms with E-state index in [0.29, 0.717) is 23.7 Å². The van der Waals surface area contributed by atoms with Gasteiger partial charge >= 0.3 is 0 Å². The van der Waals surface area contributed by atoms with Gasteiger partial charge in [0.1, 0.15) is 5.78 Å². The molecule has 18 heavy (non-hydrogen) atoms. The lowest BCUT2D eigenvalue weighted by Crippen LogP contribution is -2.12. The minimum absolute atomic E-state index is 0.0300. The van der Waals surface area contributed by atoms with Gasteiger partial charge in [-0.05, 0) is 18.9 Å². The summed E-state index contributed by atoms with van der Waals surface area (Å²) in [7, 11) is 3.25. The average molecular weight is 248 g/mol. The lowest BCUT2D eigenvalue weighted by Gasteiger charge is -2.18. The number of ketones is 1. The number of ether oxygens (including phenoxy) is 2. The summed E-state index contributed by atoms with van der Waals surface area (Å²) in [4.78, 5) is 12.2. The van der Waals surface area contributed by atoms with E-state index in [4.69, 9.17) is 9.47 Å². The third-order valence-corrected chi connectivity index (χ3v) is 3.61. The minimum atomic E-state index is -0.0300. The first-order valence-electron chi connectivity index (χ1n) is 6.51. The van der Waals surface area contributed by atoms with Crippen molar-refractivity contribution in [2.75, 3.05) is 14.2 Å². The number of Topliss-reactive ketones (excluding diaryl/α,β-unsaturated/α-hetero) is 1. The fraction of sp³-hybridized carbons (Fsp3) is 0.533. The van der Waals surface area contributed by atoms with Crippen LogP contribution in [0.25, 0.3) is 0 Å². The molecule has 0 saturated heterocycles. The second-order valence-electron chi connectivity index (χ2n) is 4.70. The number of para-hydroxylation sites is 1. The van der Waals surface area contributed by atoms with Crippen molar-refractivity contribution >= 4 is 5.78 Å². The standard InChI is InChI=1S/C15H20O3/c1-17-14-10-6-8-12(15(14)18-2)11-7-4-3-5-9-13(11)16/h6,8,10-11H,3-5,7,9H2,1-2H3. The molecule has 0 amide bonds. The van der Waals surface area contributed by atoms with E-state index in [-0.39, 0.29) is 5.92 Å². The summed E-state index contributed by atoms with van der Waals surface area (Å²) >= 11 is 0. The lowest BCUT2D eigenvalue weighted by atomic mass is 9.90. The van der Waals surface area contributed by atoms with Gasteiger partial charge in [-0.1, -0.05) is 25.0 Å². The molecule has 0 aliphatic heterocycles. The normalized spacial score (nSPS) is 20.3. The molecule has 1 atom stereocenters. The molecule has 3 heteroatoms. The van der Waals surface area contributed by atoms with Crippen LogP contribution in [-0.4, -0.2) is 20.0 Å². The molecule has 1 unspecified atom stereocenters. The van der Waals surface area contributed by atoms with Gasteiger partial charge in [-0.3, -0.25) is 4.79 Å². The maximum Gasteiger partial charge on any atom is 0.164 e. The zero-order chi connectivity index (χ0) is 13.0. The fourth-order valence-electron chi connectivity index (χ4n) is 2.68. The van der Waals surface area contributed by atoms with Crippen LogP contribution in [0.1, 0.15) is 43.6 Å². The predicted octanol–water partition coefficient (Wildman–Crippen LogP) is 3.32. The second-order valence-corrected chi connectivity index (χ2v) is 4.70. The molecule has 2 rings (SSSR count). The quantitative estimate of drug-likeness (QED) is 0.770. The maximum absolute atomic E-state index is 12.2.